The lowest BCUT2D eigenvalue weighted by atomic mass is 10.1. The molecule has 17 heavy (non-hydrogen) atoms. The fourth-order valence-corrected chi connectivity index (χ4v) is 1.79. The SMILES string of the molecule is Cc1ccc(C(=O)N(C)CCC(N)=S)c(Cl)c1. The molecule has 1 aromatic carbocycles. The highest BCUT2D eigenvalue weighted by Crippen LogP contribution is 2.19. The third kappa shape index (κ3) is 3.98. The first-order chi connectivity index (χ1) is 7.91. The van der Waals surface area contributed by atoms with E-state index in [1.807, 2.05) is 13.0 Å². The van der Waals surface area contributed by atoms with Gasteiger partial charge in [-0.1, -0.05) is 29.9 Å². The van der Waals surface area contributed by atoms with Crippen molar-refractivity contribution < 1.29 is 4.79 Å². The number of carbonyl (C=O) groups is 1. The summed E-state index contributed by atoms with van der Waals surface area (Å²) in [6.45, 7) is 2.43. The molecule has 0 fully saturated rings. The van der Waals surface area contributed by atoms with Crippen molar-refractivity contribution in [3.05, 3.63) is 34.3 Å². The normalized spacial score (nSPS) is 10.1. The summed E-state index contributed by atoms with van der Waals surface area (Å²) in [5, 5.41) is 0.470. The summed E-state index contributed by atoms with van der Waals surface area (Å²) < 4.78 is 0. The summed E-state index contributed by atoms with van der Waals surface area (Å²) in [5.74, 6) is -0.119. The highest BCUT2D eigenvalue weighted by molar-refractivity contribution is 7.80. The molecular formula is C12H15ClN2OS. The van der Waals surface area contributed by atoms with Gasteiger partial charge < -0.3 is 10.6 Å². The molecule has 0 aliphatic heterocycles. The number of hydrogen-bond donors (Lipinski definition) is 1. The van der Waals surface area contributed by atoms with E-state index in [0.717, 1.165) is 5.56 Å². The monoisotopic (exact) mass is 270 g/mol. The molecule has 0 aliphatic carbocycles. The smallest absolute Gasteiger partial charge is 0.255 e. The number of rotatable bonds is 4. The Bertz CT molecular complexity index is 448. The van der Waals surface area contributed by atoms with Gasteiger partial charge in [0, 0.05) is 20.0 Å². The molecule has 0 unspecified atom stereocenters. The van der Waals surface area contributed by atoms with Crippen LogP contribution in [-0.2, 0) is 0 Å². The van der Waals surface area contributed by atoms with Crippen molar-refractivity contribution in [3.63, 3.8) is 0 Å². The average molecular weight is 271 g/mol. The lowest BCUT2D eigenvalue weighted by Gasteiger charge is -2.17. The molecule has 0 saturated heterocycles. The molecule has 0 spiro atoms. The zero-order valence-electron chi connectivity index (χ0n) is 9.87. The Morgan fingerprint density at radius 2 is 2.18 bits per heavy atom. The van der Waals surface area contributed by atoms with Crippen LogP contribution in [0.15, 0.2) is 18.2 Å². The minimum absolute atomic E-state index is 0.119. The Kier molecular flexibility index (Phi) is 4.90. The summed E-state index contributed by atoms with van der Waals surface area (Å²) >= 11 is 10.8. The lowest BCUT2D eigenvalue weighted by Crippen LogP contribution is -2.30. The number of nitrogens with zero attached hydrogens (tertiary/aromatic N) is 1. The van der Waals surface area contributed by atoms with Gasteiger partial charge in [-0.2, -0.15) is 0 Å². The Morgan fingerprint density at radius 1 is 1.53 bits per heavy atom. The van der Waals surface area contributed by atoms with Crippen molar-refractivity contribution >= 4 is 34.7 Å². The van der Waals surface area contributed by atoms with Gasteiger partial charge >= 0.3 is 0 Å². The van der Waals surface area contributed by atoms with Crippen LogP contribution in [0, 0.1) is 6.92 Å². The fraction of sp³-hybridized carbons (Fsp3) is 0.333. The molecule has 92 valence electrons. The maximum atomic E-state index is 12.0. The predicted molar refractivity (Wildman–Crippen MR) is 74.6 cm³/mol. The van der Waals surface area contributed by atoms with E-state index in [1.54, 1.807) is 24.1 Å². The number of aryl methyl sites for hydroxylation is 1. The number of hydrogen-bond acceptors (Lipinski definition) is 2. The number of amides is 1. The molecule has 0 heterocycles. The molecule has 0 aliphatic rings. The molecule has 0 radical (unpaired) electrons. The van der Waals surface area contributed by atoms with Crippen LogP contribution in [-0.4, -0.2) is 29.4 Å². The second-order valence-electron chi connectivity index (χ2n) is 3.93. The van der Waals surface area contributed by atoms with Crippen molar-refractivity contribution in [2.24, 2.45) is 5.73 Å². The number of halogens is 1. The van der Waals surface area contributed by atoms with E-state index < -0.39 is 0 Å². The number of nitrogens with two attached hydrogens (primary N) is 1. The van der Waals surface area contributed by atoms with Crippen LogP contribution in [0.5, 0.6) is 0 Å². The number of thiocarbonyl (C=S) groups is 1. The largest absolute Gasteiger partial charge is 0.393 e. The summed E-state index contributed by atoms with van der Waals surface area (Å²) in [7, 11) is 1.71. The first-order valence-electron chi connectivity index (χ1n) is 5.21. The predicted octanol–water partition coefficient (Wildman–Crippen LogP) is 2.40. The maximum absolute atomic E-state index is 12.0. The first kappa shape index (κ1) is 13.9. The molecule has 1 aromatic rings. The molecule has 1 rings (SSSR count). The quantitative estimate of drug-likeness (QED) is 0.855. The zero-order chi connectivity index (χ0) is 13.0. The van der Waals surface area contributed by atoms with E-state index in [1.165, 1.54) is 0 Å². The Hall–Kier alpha value is -1.13. The molecule has 3 nitrogen and oxygen atoms in total. The number of carbonyl (C=O) groups excluding carboxylic acids is 1. The fourth-order valence-electron chi connectivity index (χ4n) is 1.38. The minimum atomic E-state index is -0.119. The highest BCUT2D eigenvalue weighted by Gasteiger charge is 2.14. The van der Waals surface area contributed by atoms with E-state index in [2.05, 4.69) is 0 Å². The Morgan fingerprint density at radius 3 is 2.71 bits per heavy atom. The van der Waals surface area contributed by atoms with Crippen LogP contribution >= 0.6 is 23.8 Å². The Labute approximate surface area is 112 Å². The molecule has 0 aromatic heterocycles. The number of benzene rings is 1. The van der Waals surface area contributed by atoms with Crippen molar-refractivity contribution in [1.82, 2.24) is 4.90 Å². The van der Waals surface area contributed by atoms with Crippen molar-refractivity contribution in [2.45, 2.75) is 13.3 Å². The molecule has 0 atom stereocenters. The molecule has 1 amide bonds. The van der Waals surface area contributed by atoms with Gasteiger partial charge in [0.25, 0.3) is 5.91 Å². The van der Waals surface area contributed by atoms with Crippen LogP contribution in [0.25, 0.3) is 0 Å². The topological polar surface area (TPSA) is 46.3 Å². The van der Waals surface area contributed by atoms with Crippen LogP contribution in [0.3, 0.4) is 0 Å². The molecule has 0 bridgehead atoms. The standard InChI is InChI=1S/C12H15ClN2OS/c1-8-3-4-9(10(13)7-8)12(16)15(2)6-5-11(14)17/h3-4,7H,5-6H2,1-2H3,(H2,14,17). The molecule has 0 saturated carbocycles. The van der Waals surface area contributed by atoms with Gasteiger partial charge in [0.15, 0.2) is 0 Å². The third-order valence-corrected chi connectivity index (χ3v) is 2.91. The molecular weight excluding hydrogens is 256 g/mol. The average Bonchev–Trinajstić information content (AvgIpc) is 2.25. The Balaban J connectivity index is 2.78. The maximum Gasteiger partial charge on any atom is 0.255 e. The van der Waals surface area contributed by atoms with E-state index >= 15 is 0 Å². The van der Waals surface area contributed by atoms with Crippen LogP contribution in [0.2, 0.25) is 5.02 Å². The summed E-state index contributed by atoms with van der Waals surface area (Å²) in [4.78, 5) is 14.0. The van der Waals surface area contributed by atoms with Gasteiger partial charge in [-0.05, 0) is 24.6 Å². The zero-order valence-corrected chi connectivity index (χ0v) is 11.4. The molecule has 5 heteroatoms. The van der Waals surface area contributed by atoms with Crippen molar-refractivity contribution in [1.29, 1.82) is 0 Å². The van der Waals surface area contributed by atoms with E-state index in [9.17, 15) is 4.79 Å². The highest BCUT2D eigenvalue weighted by atomic mass is 35.5. The van der Waals surface area contributed by atoms with E-state index in [0.29, 0.717) is 28.5 Å². The van der Waals surface area contributed by atoms with Gasteiger partial charge in [0.2, 0.25) is 0 Å². The van der Waals surface area contributed by atoms with Crippen LogP contribution in [0.4, 0.5) is 0 Å². The van der Waals surface area contributed by atoms with Gasteiger partial charge in [0.05, 0.1) is 15.6 Å². The summed E-state index contributed by atoms with van der Waals surface area (Å²) in [6, 6.07) is 5.37. The van der Waals surface area contributed by atoms with Crippen molar-refractivity contribution in [2.75, 3.05) is 13.6 Å². The van der Waals surface area contributed by atoms with E-state index in [-0.39, 0.29) is 5.91 Å². The van der Waals surface area contributed by atoms with Gasteiger partial charge in [-0.3, -0.25) is 4.79 Å². The lowest BCUT2D eigenvalue weighted by molar-refractivity contribution is 0.0799. The minimum Gasteiger partial charge on any atom is -0.393 e. The summed E-state index contributed by atoms with van der Waals surface area (Å²) in [5.41, 5.74) is 6.92. The molecule has 2 N–H and O–H groups in total. The third-order valence-electron chi connectivity index (χ3n) is 2.40. The second kappa shape index (κ2) is 5.98. The summed E-state index contributed by atoms with van der Waals surface area (Å²) in [6.07, 6.45) is 0.515. The van der Waals surface area contributed by atoms with Crippen LogP contribution < -0.4 is 5.73 Å². The van der Waals surface area contributed by atoms with Gasteiger partial charge in [-0.25, -0.2) is 0 Å². The van der Waals surface area contributed by atoms with Crippen molar-refractivity contribution in [3.8, 4) is 0 Å². The first-order valence-corrected chi connectivity index (χ1v) is 6.00. The second-order valence-corrected chi connectivity index (χ2v) is 4.86. The van der Waals surface area contributed by atoms with Gasteiger partial charge in [-0.15, -0.1) is 0 Å². The van der Waals surface area contributed by atoms with Crippen LogP contribution in [0.1, 0.15) is 22.3 Å². The van der Waals surface area contributed by atoms with Gasteiger partial charge in [0.1, 0.15) is 0 Å². The van der Waals surface area contributed by atoms with E-state index in [4.69, 9.17) is 29.6 Å².